The van der Waals surface area contributed by atoms with Gasteiger partial charge in [-0.25, -0.2) is 9.97 Å². The molecule has 0 radical (unpaired) electrons. The van der Waals surface area contributed by atoms with Crippen molar-refractivity contribution in [1.82, 2.24) is 14.9 Å². The molecule has 3 nitrogen and oxygen atoms in total. The van der Waals surface area contributed by atoms with Gasteiger partial charge in [-0.2, -0.15) is 0 Å². The van der Waals surface area contributed by atoms with Gasteiger partial charge in [-0.3, -0.25) is 4.90 Å². The molecule has 0 aromatic carbocycles. The second-order valence-electron chi connectivity index (χ2n) is 5.54. The fourth-order valence-electron chi connectivity index (χ4n) is 2.57. The van der Waals surface area contributed by atoms with Crippen molar-refractivity contribution in [1.29, 1.82) is 0 Å². The van der Waals surface area contributed by atoms with Gasteiger partial charge in [0.1, 0.15) is 5.01 Å². The molecule has 0 N–H and O–H groups in total. The van der Waals surface area contributed by atoms with Gasteiger partial charge in [0, 0.05) is 28.1 Å². The molecule has 0 aliphatic carbocycles. The zero-order valence-electron chi connectivity index (χ0n) is 11.4. The van der Waals surface area contributed by atoms with Crippen molar-refractivity contribution in [3.63, 3.8) is 0 Å². The maximum Gasteiger partial charge on any atom is 0.107 e. The molecular weight excluding hydrogens is 274 g/mol. The second kappa shape index (κ2) is 5.31. The molecule has 1 saturated heterocycles. The first-order chi connectivity index (χ1) is 9.16. The van der Waals surface area contributed by atoms with E-state index in [2.05, 4.69) is 34.1 Å². The number of thiazole rings is 2. The van der Waals surface area contributed by atoms with Gasteiger partial charge in [-0.05, 0) is 32.9 Å². The summed E-state index contributed by atoms with van der Waals surface area (Å²) >= 11 is 3.61. The molecule has 0 unspecified atom stereocenters. The van der Waals surface area contributed by atoms with Gasteiger partial charge in [-0.15, -0.1) is 22.7 Å². The Labute approximate surface area is 122 Å². The molecule has 1 fully saturated rings. The summed E-state index contributed by atoms with van der Waals surface area (Å²) in [5.41, 5.74) is 0.276. The third-order valence-corrected chi connectivity index (χ3v) is 5.92. The summed E-state index contributed by atoms with van der Waals surface area (Å²) in [5, 5.41) is 4.61. The topological polar surface area (TPSA) is 29.0 Å². The lowest BCUT2D eigenvalue weighted by atomic mass is 9.81. The van der Waals surface area contributed by atoms with Crippen LogP contribution in [-0.2, 0) is 12.0 Å². The van der Waals surface area contributed by atoms with E-state index in [1.165, 1.54) is 27.7 Å². The van der Waals surface area contributed by atoms with E-state index in [0.29, 0.717) is 0 Å². The molecule has 0 saturated carbocycles. The van der Waals surface area contributed by atoms with Crippen LogP contribution < -0.4 is 0 Å². The van der Waals surface area contributed by atoms with E-state index in [1.54, 1.807) is 11.3 Å². The van der Waals surface area contributed by atoms with E-state index < -0.39 is 0 Å². The summed E-state index contributed by atoms with van der Waals surface area (Å²) in [6, 6.07) is 0. The molecule has 0 atom stereocenters. The number of aryl methyl sites for hydroxylation is 1. The van der Waals surface area contributed by atoms with Gasteiger partial charge in [-0.1, -0.05) is 6.92 Å². The number of hydrogen-bond acceptors (Lipinski definition) is 5. The van der Waals surface area contributed by atoms with Crippen LogP contribution in [-0.4, -0.2) is 28.0 Å². The van der Waals surface area contributed by atoms with E-state index in [9.17, 15) is 0 Å². The molecule has 2 aromatic rings. The summed E-state index contributed by atoms with van der Waals surface area (Å²) in [6.07, 6.45) is 6.30. The molecule has 5 heteroatoms. The summed E-state index contributed by atoms with van der Waals surface area (Å²) in [7, 11) is 0. The number of likely N-dealkylation sites (tertiary alicyclic amines) is 1. The molecular formula is C14H19N3S2. The Balaban J connectivity index is 1.62. The quantitative estimate of drug-likeness (QED) is 0.868. The molecule has 19 heavy (non-hydrogen) atoms. The van der Waals surface area contributed by atoms with Crippen molar-refractivity contribution in [3.8, 4) is 0 Å². The van der Waals surface area contributed by atoms with Gasteiger partial charge < -0.3 is 0 Å². The van der Waals surface area contributed by atoms with Gasteiger partial charge in [0.25, 0.3) is 0 Å². The lowest BCUT2D eigenvalue weighted by Gasteiger charge is -2.37. The van der Waals surface area contributed by atoms with E-state index in [-0.39, 0.29) is 5.41 Å². The molecule has 3 heterocycles. The minimum absolute atomic E-state index is 0.276. The van der Waals surface area contributed by atoms with Crippen molar-refractivity contribution in [2.24, 2.45) is 0 Å². The molecule has 0 spiro atoms. The third kappa shape index (κ3) is 2.88. The lowest BCUT2D eigenvalue weighted by Crippen LogP contribution is -2.40. The average Bonchev–Trinajstić information content (AvgIpc) is 3.04. The Bertz CT molecular complexity index is 525. The fraction of sp³-hybridized carbons (Fsp3) is 0.571. The normalized spacial score (nSPS) is 19.7. The van der Waals surface area contributed by atoms with Crippen molar-refractivity contribution >= 4 is 22.7 Å². The number of aromatic nitrogens is 2. The van der Waals surface area contributed by atoms with E-state index >= 15 is 0 Å². The van der Waals surface area contributed by atoms with Crippen LogP contribution in [0, 0.1) is 6.92 Å². The van der Waals surface area contributed by atoms with Crippen molar-refractivity contribution in [3.05, 3.63) is 32.7 Å². The second-order valence-corrected chi connectivity index (χ2v) is 7.75. The maximum absolute atomic E-state index is 4.60. The van der Waals surface area contributed by atoms with Crippen LogP contribution in [0.3, 0.4) is 0 Å². The largest absolute Gasteiger partial charge is 0.297 e. The molecule has 3 rings (SSSR count). The summed E-state index contributed by atoms with van der Waals surface area (Å²) in [6.45, 7) is 7.81. The summed E-state index contributed by atoms with van der Waals surface area (Å²) in [5.74, 6) is 0. The van der Waals surface area contributed by atoms with Gasteiger partial charge >= 0.3 is 0 Å². The molecule has 0 amide bonds. The maximum atomic E-state index is 4.60. The molecule has 0 bridgehead atoms. The van der Waals surface area contributed by atoms with Crippen LogP contribution in [0.4, 0.5) is 0 Å². The SMILES string of the molecule is Cc1cnc(C2(C)CCN(Cc3nccs3)CC2)s1. The number of hydrogen-bond donors (Lipinski definition) is 0. The third-order valence-electron chi connectivity index (χ3n) is 3.94. The summed E-state index contributed by atoms with van der Waals surface area (Å²) < 4.78 is 0. The first-order valence-corrected chi connectivity index (χ1v) is 8.39. The summed E-state index contributed by atoms with van der Waals surface area (Å²) in [4.78, 5) is 12.8. The van der Waals surface area contributed by atoms with Gasteiger partial charge in [0.05, 0.1) is 11.6 Å². The lowest BCUT2D eigenvalue weighted by molar-refractivity contribution is 0.161. The number of nitrogens with zero attached hydrogens (tertiary/aromatic N) is 3. The Hall–Kier alpha value is -0.780. The van der Waals surface area contributed by atoms with Crippen LogP contribution >= 0.6 is 22.7 Å². The molecule has 102 valence electrons. The highest BCUT2D eigenvalue weighted by molar-refractivity contribution is 7.11. The minimum atomic E-state index is 0.276. The van der Waals surface area contributed by atoms with Crippen LogP contribution in [0.15, 0.2) is 17.8 Å². The predicted octanol–water partition coefficient (Wildman–Crippen LogP) is 3.46. The first kappa shape index (κ1) is 13.2. The number of rotatable bonds is 3. The predicted molar refractivity (Wildman–Crippen MR) is 80.8 cm³/mol. The number of piperidine rings is 1. The Morgan fingerprint density at radius 2 is 2.11 bits per heavy atom. The highest BCUT2D eigenvalue weighted by atomic mass is 32.1. The fourth-order valence-corrected chi connectivity index (χ4v) is 4.20. The Morgan fingerprint density at radius 1 is 1.32 bits per heavy atom. The van der Waals surface area contributed by atoms with Gasteiger partial charge in [0.15, 0.2) is 0 Å². The van der Waals surface area contributed by atoms with E-state index in [0.717, 1.165) is 19.6 Å². The van der Waals surface area contributed by atoms with Crippen molar-refractivity contribution in [2.75, 3.05) is 13.1 Å². The molecule has 1 aliphatic heterocycles. The standard InChI is InChI=1S/C14H19N3S2/c1-11-9-16-13(19-11)14(2)3-6-17(7-4-14)10-12-15-5-8-18-12/h5,8-9H,3-4,6-7,10H2,1-2H3. The monoisotopic (exact) mass is 293 g/mol. The molecule has 2 aromatic heterocycles. The van der Waals surface area contributed by atoms with Crippen LogP contribution in [0.5, 0.6) is 0 Å². The highest BCUT2D eigenvalue weighted by Crippen LogP contribution is 2.37. The van der Waals surface area contributed by atoms with Crippen LogP contribution in [0.2, 0.25) is 0 Å². The van der Waals surface area contributed by atoms with Crippen molar-refractivity contribution < 1.29 is 0 Å². The Morgan fingerprint density at radius 3 is 2.68 bits per heavy atom. The van der Waals surface area contributed by atoms with Gasteiger partial charge in [0.2, 0.25) is 0 Å². The minimum Gasteiger partial charge on any atom is -0.297 e. The zero-order valence-corrected chi connectivity index (χ0v) is 13.1. The van der Waals surface area contributed by atoms with Crippen LogP contribution in [0.1, 0.15) is 34.7 Å². The first-order valence-electron chi connectivity index (χ1n) is 6.69. The van der Waals surface area contributed by atoms with E-state index in [4.69, 9.17) is 0 Å². The van der Waals surface area contributed by atoms with Crippen LogP contribution in [0.25, 0.3) is 0 Å². The van der Waals surface area contributed by atoms with E-state index in [1.807, 2.05) is 23.7 Å². The zero-order chi connectivity index (χ0) is 13.3. The Kier molecular flexibility index (Phi) is 3.69. The smallest absolute Gasteiger partial charge is 0.107 e. The average molecular weight is 293 g/mol. The van der Waals surface area contributed by atoms with Crippen molar-refractivity contribution in [2.45, 2.75) is 38.6 Å². The molecule has 1 aliphatic rings. The highest BCUT2D eigenvalue weighted by Gasteiger charge is 2.34.